The molecule has 0 amide bonds. The second-order valence-electron chi connectivity index (χ2n) is 6.07. The Hall–Kier alpha value is -2.54. The molecule has 8 heteroatoms. The molecule has 0 radical (unpaired) electrons. The summed E-state index contributed by atoms with van der Waals surface area (Å²) in [5, 5.41) is 10.8. The van der Waals surface area contributed by atoms with Gasteiger partial charge in [-0.1, -0.05) is 41.0 Å². The maximum absolute atomic E-state index is 6.32. The molecule has 4 rings (SSSR count). The van der Waals surface area contributed by atoms with E-state index in [1.54, 1.807) is 19.5 Å². The first-order valence-corrected chi connectivity index (χ1v) is 10.5. The van der Waals surface area contributed by atoms with Crippen molar-refractivity contribution in [3.05, 3.63) is 82.6 Å². The summed E-state index contributed by atoms with van der Waals surface area (Å²) in [6, 6.07) is 17.1. The summed E-state index contributed by atoms with van der Waals surface area (Å²) in [5.74, 6) is 2.05. The molecule has 29 heavy (non-hydrogen) atoms. The van der Waals surface area contributed by atoms with Gasteiger partial charge in [-0.15, -0.1) is 10.2 Å². The van der Waals surface area contributed by atoms with Crippen molar-refractivity contribution in [1.82, 2.24) is 19.7 Å². The summed E-state index contributed by atoms with van der Waals surface area (Å²) in [6.45, 7) is 0. The van der Waals surface area contributed by atoms with Crippen LogP contribution in [0.15, 0.2) is 72.1 Å². The zero-order valence-corrected chi connectivity index (χ0v) is 17.7. The third-order valence-corrected chi connectivity index (χ3v) is 5.95. The van der Waals surface area contributed by atoms with Gasteiger partial charge in [0.25, 0.3) is 0 Å². The Labute approximate surface area is 182 Å². The molecule has 0 N–H and O–H groups in total. The van der Waals surface area contributed by atoms with Crippen LogP contribution in [0.3, 0.4) is 0 Å². The number of hydrogen-bond donors (Lipinski definition) is 0. The van der Waals surface area contributed by atoms with Crippen LogP contribution in [0.4, 0.5) is 0 Å². The van der Waals surface area contributed by atoms with Gasteiger partial charge in [0.05, 0.1) is 7.11 Å². The highest BCUT2D eigenvalue weighted by Crippen LogP contribution is 2.34. The molecule has 2 heterocycles. The predicted octanol–water partition coefficient (Wildman–Crippen LogP) is 5.94. The number of benzene rings is 2. The molecule has 0 bridgehead atoms. The van der Waals surface area contributed by atoms with E-state index in [9.17, 15) is 0 Å². The predicted molar refractivity (Wildman–Crippen MR) is 117 cm³/mol. The minimum absolute atomic E-state index is 0.569. The Balaban J connectivity index is 1.74. The van der Waals surface area contributed by atoms with Crippen molar-refractivity contribution in [1.29, 1.82) is 0 Å². The number of aromatic nitrogens is 4. The van der Waals surface area contributed by atoms with E-state index in [0.29, 0.717) is 21.6 Å². The topological polar surface area (TPSA) is 52.8 Å². The van der Waals surface area contributed by atoms with E-state index in [2.05, 4.69) is 15.2 Å². The third-order valence-electron chi connectivity index (χ3n) is 4.29. The maximum atomic E-state index is 6.32. The molecule has 0 atom stereocenters. The first-order valence-electron chi connectivity index (χ1n) is 8.73. The van der Waals surface area contributed by atoms with Crippen molar-refractivity contribution in [2.75, 3.05) is 7.11 Å². The third kappa shape index (κ3) is 4.24. The molecule has 0 saturated heterocycles. The molecule has 0 saturated carbocycles. The zero-order chi connectivity index (χ0) is 20.2. The number of ether oxygens (including phenoxy) is 1. The van der Waals surface area contributed by atoms with Crippen LogP contribution in [-0.4, -0.2) is 26.9 Å². The average Bonchev–Trinajstić information content (AvgIpc) is 3.18. The molecule has 5 nitrogen and oxygen atoms in total. The van der Waals surface area contributed by atoms with Crippen molar-refractivity contribution < 1.29 is 4.74 Å². The van der Waals surface area contributed by atoms with E-state index >= 15 is 0 Å². The fraction of sp³-hybridized carbons (Fsp3) is 0.0952. The van der Waals surface area contributed by atoms with Gasteiger partial charge in [0, 0.05) is 39.4 Å². The lowest BCUT2D eigenvalue weighted by atomic mass is 10.2. The molecular formula is C21H16Cl2N4OS. The minimum atomic E-state index is 0.569. The largest absolute Gasteiger partial charge is 0.497 e. The van der Waals surface area contributed by atoms with Gasteiger partial charge >= 0.3 is 0 Å². The molecule has 2 aromatic heterocycles. The van der Waals surface area contributed by atoms with Crippen LogP contribution in [0.1, 0.15) is 5.56 Å². The molecule has 146 valence electrons. The number of nitrogens with zero attached hydrogens (tertiary/aromatic N) is 4. The van der Waals surface area contributed by atoms with Crippen molar-refractivity contribution >= 4 is 35.0 Å². The molecule has 0 aliphatic heterocycles. The van der Waals surface area contributed by atoms with Crippen LogP contribution in [0.5, 0.6) is 5.75 Å². The Kier molecular flexibility index (Phi) is 6.04. The van der Waals surface area contributed by atoms with Crippen LogP contribution >= 0.6 is 35.0 Å². The van der Waals surface area contributed by atoms with Crippen molar-refractivity contribution in [2.24, 2.45) is 0 Å². The number of rotatable bonds is 6. The lowest BCUT2D eigenvalue weighted by Gasteiger charge is -2.12. The first kappa shape index (κ1) is 19.8. The second-order valence-corrected chi connectivity index (χ2v) is 7.83. The van der Waals surface area contributed by atoms with E-state index in [1.165, 1.54) is 11.8 Å². The Morgan fingerprint density at radius 3 is 2.38 bits per heavy atom. The summed E-state index contributed by atoms with van der Waals surface area (Å²) in [6.07, 6.45) is 3.50. The van der Waals surface area contributed by atoms with Crippen LogP contribution in [0.2, 0.25) is 10.0 Å². The molecule has 0 aliphatic rings. The maximum Gasteiger partial charge on any atom is 0.196 e. The summed E-state index contributed by atoms with van der Waals surface area (Å²) < 4.78 is 7.27. The molecular weight excluding hydrogens is 427 g/mol. The number of halogens is 2. The summed E-state index contributed by atoms with van der Waals surface area (Å²) in [4.78, 5) is 4.21. The number of hydrogen-bond acceptors (Lipinski definition) is 5. The fourth-order valence-corrected chi connectivity index (χ4v) is 4.51. The first-order chi connectivity index (χ1) is 14.2. The van der Waals surface area contributed by atoms with E-state index in [0.717, 1.165) is 27.7 Å². The van der Waals surface area contributed by atoms with Gasteiger partial charge in [0.2, 0.25) is 0 Å². The van der Waals surface area contributed by atoms with Crippen LogP contribution in [0.25, 0.3) is 17.1 Å². The smallest absolute Gasteiger partial charge is 0.196 e. The number of thioether (sulfide) groups is 1. The Morgan fingerprint density at radius 1 is 0.966 bits per heavy atom. The van der Waals surface area contributed by atoms with Gasteiger partial charge in [-0.05, 0) is 54.1 Å². The molecule has 0 unspecified atom stereocenters. The van der Waals surface area contributed by atoms with Crippen LogP contribution in [0, 0.1) is 0 Å². The van der Waals surface area contributed by atoms with Gasteiger partial charge in [-0.3, -0.25) is 9.55 Å². The highest BCUT2D eigenvalue weighted by atomic mass is 35.5. The van der Waals surface area contributed by atoms with E-state index in [-0.39, 0.29) is 0 Å². The highest BCUT2D eigenvalue weighted by molar-refractivity contribution is 7.98. The van der Waals surface area contributed by atoms with Gasteiger partial charge in [0.1, 0.15) is 5.75 Å². The van der Waals surface area contributed by atoms with E-state index in [1.807, 2.05) is 59.2 Å². The highest BCUT2D eigenvalue weighted by Gasteiger charge is 2.17. The van der Waals surface area contributed by atoms with Crippen molar-refractivity contribution in [3.8, 4) is 22.8 Å². The van der Waals surface area contributed by atoms with Crippen molar-refractivity contribution in [2.45, 2.75) is 10.9 Å². The standard InChI is InChI=1S/C21H16Cl2N4OS/c1-28-16-9-7-15(8-10-16)27-20(14-4-3-11-24-12-14)25-26-21(27)29-13-17-18(22)5-2-6-19(17)23/h2-12H,13H2,1H3. The van der Waals surface area contributed by atoms with Crippen LogP contribution in [-0.2, 0) is 5.75 Å². The summed E-state index contributed by atoms with van der Waals surface area (Å²) >= 11 is 14.2. The lowest BCUT2D eigenvalue weighted by Crippen LogP contribution is -2.00. The zero-order valence-electron chi connectivity index (χ0n) is 15.4. The minimum Gasteiger partial charge on any atom is -0.497 e. The lowest BCUT2D eigenvalue weighted by molar-refractivity contribution is 0.414. The Morgan fingerprint density at radius 2 is 1.72 bits per heavy atom. The normalized spacial score (nSPS) is 10.9. The molecule has 0 fully saturated rings. The summed E-state index contributed by atoms with van der Waals surface area (Å²) in [5.41, 5.74) is 2.66. The molecule has 0 spiro atoms. The fourth-order valence-electron chi connectivity index (χ4n) is 2.82. The molecule has 0 aliphatic carbocycles. The van der Waals surface area contributed by atoms with Gasteiger partial charge < -0.3 is 4.74 Å². The average molecular weight is 443 g/mol. The second kappa shape index (κ2) is 8.86. The van der Waals surface area contributed by atoms with Crippen molar-refractivity contribution in [3.63, 3.8) is 0 Å². The van der Waals surface area contributed by atoms with Gasteiger partial charge in [-0.25, -0.2) is 0 Å². The SMILES string of the molecule is COc1ccc(-n2c(SCc3c(Cl)cccc3Cl)nnc2-c2cccnc2)cc1. The van der Waals surface area contributed by atoms with Crippen LogP contribution < -0.4 is 4.74 Å². The quantitative estimate of drug-likeness (QED) is 0.346. The number of pyridine rings is 1. The monoisotopic (exact) mass is 442 g/mol. The summed E-state index contributed by atoms with van der Waals surface area (Å²) in [7, 11) is 1.64. The van der Waals surface area contributed by atoms with Gasteiger partial charge in [-0.2, -0.15) is 0 Å². The van der Waals surface area contributed by atoms with E-state index in [4.69, 9.17) is 27.9 Å². The Bertz CT molecular complexity index is 1100. The molecule has 2 aromatic carbocycles. The number of methoxy groups -OCH3 is 1. The molecule has 4 aromatic rings. The van der Waals surface area contributed by atoms with Gasteiger partial charge in [0.15, 0.2) is 11.0 Å². The van der Waals surface area contributed by atoms with E-state index < -0.39 is 0 Å².